The van der Waals surface area contributed by atoms with Gasteiger partial charge >= 0.3 is 0 Å². The maximum absolute atomic E-state index is 13.0. The van der Waals surface area contributed by atoms with Gasteiger partial charge in [0.05, 0.1) is 6.54 Å². The van der Waals surface area contributed by atoms with Gasteiger partial charge in [0.15, 0.2) is 5.96 Å². The molecule has 0 saturated carbocycles. The second-order valence-electron chi connectivity index (χ2n) is 7.38. The first kappa shape index (κ1) is 20.9. The number of ether oxygens (including phenoxy) is 1. The molecule has 1 aliphatic rings. The van der Waals surface area contributed by atoms with Crippen LogP contribution in [0, 0.1) is 12.7 Å². The van der Waals surface area contributed by atoms with Crippen LogP contribution >= 0.6 is 0 Å². The molecule has 1 aliphatic heterocycles. The van der Waals surface area contributed by atoms with Crippen molar-refractivity contribution in [3.05, 3.63) is 54.0 Å². The van der Waals surface area contributed by atoms with Crippen molar-refractivity contribution in [2.75, 3.05) is 31.6 Å². The molecule has 0 spiro atoms. The third-order valence-corrected chi connectivity index (χ3v) is 4.96. The molecule has 6 nitrogen and oxygen atoms in total. The van der Waals surface area contributed by atoms with E-state index in [1.807, 2.05) is 19.9 Å². The Labute approximate surface area is 172 Å². The maximum atomic E-state index is 13.0. The smallest absolute Gasteiger partial charge is 0.191 e. The number of nitrogens with one attached hydrogen (secondary N) is 2. The number of halogens is 1. The number of aliphatic imine (C=N–C) groups is 1. The molecular weight excluding hydrogens is 369 g/mol. The molecule has 29 heavy (non-hydrogen) atoms. The van der Waals surface area contributed by atoms with Crippen LogP contribution < -0.4 is 20.3 Å². The number of hydrogen-bond acceptors (Lipinski definition) is 4. The monoisotopic (exact) mass is 399 g/mol. The highest BCUT2D eigenvalue weighted by Gasteiger charge is 2.21. The van der Waals surface area contributed by atoms with Crippen molar-refractivity contribution in [2.45, 2.75) is 38.8 Å². The molecule has 2 N–H and O–H groups in total. The summed E-state index contributed by atoms with van der Waals surface area (Å²) in [5.41, 5.74) is 1.05. The van der Waals surface area contributed by atoms with E-state index in [-0.39, 0.29) is 11.9 Å². The van der Waals surface area contributed by atoms with Crippen molar-refractivity contribution in [3.63, 3.8) is 0 Å². The zero-order chi connectivity index (χ0) is 20.6. The van der Waals surface area contributed by atoms with Crippen molar-refractivity contribution in [1.82, 2.24) is 15.6 Å². The summed E-state index contributed by atoms with van der Waals surface area (Å²) in [7, 11) is 1.77. The van der Waals surface area contributed by atoms with E-state index in [2.05, 4.69) is 37.6 Å². The first-order valence-corrected chi connectivity index (χ1v) is 10.1. The van der Waals surface area contributed by atoms with Gasteiger partial charge in [0.2, 0.25) is 0 Å². The van der Waals surface area contributed by atoms with Gasteiger partial charge in [0.1, 0.15) is 23.5 Å². The van der Waals surface area contributed by atoms with E-state index in [4.69, 9.17) is 4.74 Å². The van der Waals surface area contributed by atoms with Crippen LogP contribution in [0.3, 0.4) is 0 Å². The molecule has 1 fully saturated rings. The summed E-state index contributed by atoms with van der Waals surface area (Å²) in [6.07, 6.45) is 1.98. The number of benzene rings is 1. The Hall–Kier alpha value is -2.83. The van der Waals surface area contributed by atoms with Crippen LogP contribution in [0.2, 0.25) is 0 Å². The predicted molar refractivity (Wildman–Crippen MR) is 115 cm³/mol. The molecule has 1 atom stereocenters. The minimum atomic E-state index is -0.267. The van der Waals surface area contributed by atoms with Gasteiger partial charge in [-0.25, -0.2) is 9.37 Å². The molecule has 3 rings (SSSR count). The second-order valence-corrected chi connectivity index (χ2v) is 7.38. The van der Waals surface area contributed by atoms with Gasteiger partial charge in [-0.3, -0.25) is 4.99 Å². The third-order valence-electron chi connectivity index (χ3n) is 4.96. The standard InChI is InChI=1S/C22H30FN5O/c1-16-5-4-6-21(26-16)28-13-11-19(12-14-28)27-22(24-3)25-15-17(2)29-20-9-7-18(23)8-10-20/h4-10,17,19H,11-15H2,1-3H3,(H2,24,25,27). The number of hydrogen-bond donors (Lipinski definition) is 2. The summed E-state index contributed by atoms with van der Waals surface area (Å²) in [4.78, 5) is 11.3. The quantitative estimate of drug-likeness (QED) is 0.577. The minimum Gasteiger partial charge on any atom is -0.489 e. The van der Waals surface area contributed by atoms with Crippen molar-refractivity contribution < 1.29 is 9.13 Å². The Balaban J connectivity index is 1.41. The number of aromatic nitrogens is 1. The third kappa shape index (κ3) is 6.34. The first-order valence-electron chi connectivity index (χ1n) is 10.1. The summed E-state index contributed by atoms with van der Waals surface area (Å²) < 4.78 is 18.8. The topological polar surface area (TPSA) is 61.8 Å². The fraction of sp³-hybridized carbons (Fsp3) is 0.455. The van der Waals surface area contributed by atoms with Crippen LogP contribution in [0.1, 0.15) is 25.5 Å². The average molecular weight is 400 g/mol. The van der Waals surface area contributed by atoms with Crippen LogP contribution in [0.4, 0.5) is 10.2 Å². The molecule has 156 valence electrons. The number of pyridine rings is 1. The molecule has 0 radical (unpaired) electrons. The number of rotatable bonds is 6. The van der Waals surface area contributed by atoms with Crippen molar-refractivity contribution in [3.8, 4) is 5.75 Å². The number of nitrogens with zero attached hydrogens (tertiary/aromatic N) is 3. The molecule has 2 aromatic rings. The van der Waals surface area contributed by atoms with E-state index in [1.165, 1.54) is 12.1 Å². The van der Waals surface area contributed by atoms with Gasteiger partial charge in [-0.05, 0) is 63.1 Å². The second kappa shape index (κ2) is 10.1. The Morgan fingerprint density at radius 3 is 2.62 bits per heavy atom. The molecule has 2 heterocycles. The Bertz CT molecular complexity index is 803. The van der Waals surface area contributed by atoms with E-state index >= 15 is 0 Å². The molecule has 7 heteroatoms. The van der Waals surface area contributed by atoms with E-state index in [0.29, 0.717) is 18.3 Å². The highest BCUT2D eigenvalue weighted by molar-refractivity contribution is 5.80. The molecular formula is C22H30FN5O. The zero-order valence-electron chi connectivity index (χ0n) is 17.4. The summed E-state index contributed by atoms with van der Waals surface area (Å²) in [5, 5.41) is 6.81. The summed E-state index contributed by atoms with van der Waals surface area (Å²) >= 11 is 0. The first-order chi connectivity index (χ1) is 14.0. The van der Waals surface area contributed by atoms with Gasteiger partial charge in [-0.1, -0.05) is 6.07 Å². The normalized spacial score (nSPS) is 16.4. The van der Waals surface area contributed by atoms with E-state index in [1.54, 1.807) is 19.2 Å². The fourth-order valence-corrected chi connectivity index (χ4v) is 3.37. The SMILES string of the molecule is CN=C(NCC(C)Oc1ccc(F)cc1)NC1CCN(c2cccc(C)n2)CC1. The minimum absolute atomic E-state index is 0.0757. The summed E-state index contributed by atoms with van der Waals surface area (Å²) in [5.74, 6) is 2.21. The number of guanidine groups is 1. The molecule has 1 aromatic carbocycles. The van der Waals surface area contributed by atoms with E-state index in [0.717, 1.165) is 43.4 Å². The van der Waals surface area contributed by atoms with Crippen molar-refractivity contribution in [2.24, 2.45) is 4.99 Å². The largest absolute Gasteiger partial charge is 0.489 e. The van der Waals surface area contributed by atoms with Gasteiger partial charge in [0.25, 0.3) is 0 Å². The van der Waals surface area contributed by atoms with Crippen LogP contribution in [0.25, 0.3) is 0 Å². The molecule has 0 amide bonds. The Kier molecular flexibility index (Phi) is 7.27. The lowest BCUT2D eigenvalue weighted by Crippen LogP contribution is -2.50. The number of anilines is 1. The predicted octanol–water partition coefficient (Wildman–Crippen LogP) is 3.13. The van der Waals surface area contributed by atoms with Crippen LogP contribution in [-0.2, 0) is 0 Å². The van der Waals surface area contributed by atoms with Crippen molar-refractivity contribution >= 4 is 11.8 Å². The zero-order valence-corrected chi connectivity index (χ0v) is 17.4. The van der Waals surface area contributed by atoms with Crippen LogP contribution in [0.5, 0.6) is 5.75 Å². The average Bonchev–Trinajstić information content (AvgIpc) is 2.73. The van der Waals surface area contributed by atoms with Crippen LogP contribution in [0.15, 0.2) is 47.5 Å². The lowest BCUT2D eigenvalue weighted by atomic mass is 10.1. The summed E-state index contributed by atoms with van der Waals surface area (Å²) in [6, 6.07) is 12.6. The highest BCUT2D eigenvalue weighted by Crippen LogP contribution is 2.18. The summed E-state index contributed by atoms with van der Waals surface area (Å²) in [6.45, 7) is 6.53. The van der Waals surface area contributed by atoms with E-state index < -0.39 is 0 Å². The van der Waals surface area contributed by atoms with Gasteiger partial charge in [0, 0.05) is 31.9 Å². The molecule has 1 aromatic heterocycles. The fourth-order valence-electron chi connectivity index (χ4n) is 3.37. The number of piperidine rings is 1. The molecule has 1 saturated heterocycles. The number of aryl methyl sites for hydroxylation is 1. The molecule has 1 unspecified atom stereocenters. The van der Waals surface area contributed by atoms with Crippen LogP contribution in [-0.4, -0.2) is 49.8 Å². The Morgan fingerprint density at radius 2 is 1.97 bits per heavy atom. The lowest BCUT2D eigenvalue weighted by Gasteiger charge is -2.34. The van der Waals surface area contributed by atoms with Gasteiger partial charge in [-0.2, -0.15) is 0 Å². The van der Waals surface area contributed by atoms with Gasteiger partial charge < -0.3 is 20.3 Å². The maximum Gasteiger partial charge on any atom is 0.191 e. The van der Waals surface area contributed by atoms with E-state index in [9.17, 15) is 4.39 Å². The molecule has 0 aliphatic carbocycles. The van der Waals surface area contributed by atoms with Crippen molar-refractivity contribution in [1.29, 1.82) is 0 Å². The molecule has 0 bridgehead atoms. The Morgan fingerprint density at radius 1 is 1.24 bits per heavy atom. The lowest BCUT2D eigenvalue weighted by molar-refractivity contribution is 0.223. The van der Waals surface area contributed by atoms with Gasteiger partial charge in [-0.15, -0.1) is 0 Å². The highest BCUT2D eigenvalue weighted by atomic mass is 19.1.